The molecule has 1 fully saturated rings. The van der Waals surface area contributed by atoms with Crippen LogP contribution in [0.15, 0.2) is 30.5 Å². The lowest BCUT2D eigenvalue weighted by atomic mass is 9.79. The van der Waals surface area contributed by atoms with Crippen molar-refractivity contribution >= 4 is 0 Å². The van der Waals surface area contributed by atoms with Crippen LogP contribution in [0.1, 0.15) is 60.5 Å². The molecule has 0 saturated heterocycles. The summed E-state index contributed by atoms with van der Waals surface area (Å²) in [6.07, 6.45) is 6.97. The van der Waals surface area contributed by atoms with E-state index in [1.165, 1.54) is 36.0 Å². The normalized spacial score (nSPS) is 16.7. The van der Waals surface area contributed by atoms with Gasteiger partial charge in [0.2, 0.25) is 0 Å². The predicted molar refractivity (Wildman–Crippen MR) is 84.8 cm³/mol. The van der Waals surface area contributed by atoms with Crippen molar-refractivity contribution in [1.29, 1.82) is 0 Å². The smallest absolute Gasteiger partial charge is 0.0743 e. The molecule has 3 N–H and O–H groups in total. The molecular weight excluding hydrogens is 260 g/mol. The molecule has 0 radical (unpaired) electrons. The number of hydrogen-bond donors (Lipinski definition) is 2. The third kappa shape index (κ3) is 2.74. The molecule has 0 amide bonds. The molecule has 112 valence electrons. The van der Waals surface area contributed by atoms with E-state index in [2.05, 4.69) is 47.9 Å². The van der Waals surface area contributed by atoms with E-state index in [0.717, 1.165) is 18.0 Å². The van der Waals surface area contributed by atoms with Crippen molar-refractivity contribution in [2.24, 2.45) is 12.9 Å². The molecule has 0 bridgehead atoms. The quantitative estimate of drug-likeness (QED) is 0.655. The number of hydrazine groups is 1. The highest BCUT2D eigenvalue weighted by atomic mass is 15.3. The van der Waals surface area contributed by atoms with Gasteiger partial charge in [0.1, 0.15) is 0 Å². The Labute approximate surface area is 126 Å². The molecule has 4 heteroatoms. The first-order valence-corrected chi connectivity index (χ1v) is 7.81. The standard InChI is InChI=1S/C17H24N4/c1-3-16-15(11-21(2)20-16)17(19-18)14-9-5-8-13(10-14)12-6-4-7-12/h5,8-12,17,19H,3-4,6-7,18H2,1-2H3. The molecule has 1 aliphatic carbocycles. The minimum Gasteiger partial charge on any atom is -0.275 e. The van der Waals surface area contributed by atoms with Crippen molar-refractivity contribution in [3.05, 3.63) is 52.8 Å². The summed E-state index contributed by atoms with van der Waals surface area (Å²) in [5.41, 5.74) is 7.92. The molecule has 1 heterocycles. The molecule has 1 saturated carbocycles. The maximum atomic E-state index is 5.86. The highest BCUT2D eigenvalue weighted by Crippen LogP contribution is 2.37. The summed E-state index contributed by atoms with van der Waals surface area (Å²) >= 11 is 0. The second-order valence-electron chi connectivity index (χ2n) is 5.96. The molecule has 1 atom stereocenters. The number of nitrogens with one attached hydrogen (secondary N) is 1. The molecule has 21 heavy (non-hydrogen) atoms. The van der Waals surface area contributed by atoms with E-state index in [1.807, 2.05) is 11.7 Å². The molecule has 1 aromatic heterocycles. The van der Waals surface area contributed by atoms with Gasteiger partial charge < -0.3 is 0 Å². The van der Waals surface area contributed by atoms with Gasteiger partial charge in [-0.25, -0.2) is 5.43 Å². The summed E-state index contributed by atoms with van der Waals surface area (Å²) in [6.45, 7) is 2.13. The van der Waals surface area contributed by atoms with Crippen molar-refractivity contribution < 1.29 is 0 Å². The van der Waals surface area contributed by atoms with Gasteiger partial charge in [-0.2, -0.15) is 5.10 Å². The van der Waals surface area contributed by atoms with Crippen LogP contribution in [-0.4, -0.2) is 9.78 Å². The minimum atomic E-state index is 0.00803. The summed E-state index contributed by atoms with van der Waals surface area (Å²) in [6, 6.07) is 8.86. The van der Waals surface area contributed by atoms with Crippen LogP contribution in [0.5, 0.6) is 0 Å². The largest absolute Gasteiger partial charge is 0.275 e. The Morgan fingerprint density at radius 3 is 2.86 bits per heavy atom. The van der Waals surface area contributed by atoms with Gasteiger partial charge in [-0.1, -0.05) is 37.6 Å². The van der Waals surface area contributed by atoms with Gasteiger partial charge >= 0.3 is 0 Å². The second kappa shape index (κ2) is 6.00. The average molecular weight is 284 g/mol. The lowest BCUT2D eigenvalue weighted by molar-refractivity contribution is 0.419. The lowest BCUT2D eigenvalue weighted by Crippen LogP contribution is -2.29. The number of hydrogen-bond acceptors (Lipinski definition) is 3. The Morgan fingerprint density at radius 2 is 2.24 bits per heavy atom. The molecule has 1 unspecified atom stereocenters. The van der Waals surface area contributed by atoms with Crippen molar-refractivity contribution in [2.75, 3.05) is 0 Å². The van der Waals surface area contributed by atoms with Crippen molar-refractivity contribution in [2.45, 2.75) is 44.6 Å². The SMILES string of the molecule is CCc1nn(C)cc1C(NN)c1cccc(C2CCC2)c1. The third-order valence-electron chi connectivity index (χ3n) is 4.57. The summed E-state index contributed by atoms with van der Waals surface area (Å²) in [4.78, 5) is 0. The predicted octanol–water partition coefficient (Wildman–Crippen LogP) is 2.80. The van der Waals surface area contributed by atoms with E-state index in [0.29, 0.717) is 0 Å². The molecule has 0 spiro atoms. The Balaban J connectivity index is 1.95. The maximum Gasteiger partial charge on any atom is 0.0743 e. The van der Waals surface area contributed by atoms with Crippen LogP contribution in [0.3, 0.4) is 0 Å². The molecule has 1 aromatic carbocycles. The van der Waals surface area contributed by atoms with Crippen LogP contribution in [0.2, 0.25) is 0 Å². The first kappa shape index (κ1) is 14.3. The molecule has 1 aliphatic rings. The summed E-state index contributed by atoms with van der Waals surface area (Å²) in [5, 5.41) is 4.53. The van der Waals surface area contributed by atoms with Gasteiger partial charge in [-0.3, -0.25) is 10.5 Å². The highest BCUT2D eigenvalue weighted by molar-refractivity contribution is 5.36. The summed E-state index contributed by atoms with van der Waals surface area (Å²) in [5.74, 6) is 6.59. The van der Waals surface area contributed by atoms with Crippen molar-refractivity contribution in [1.82, 2.24) is 15.2 Å². The van der Waals surface area contributed by atoms with Gasteiger partial charge in [-0.15, -0.1) is 0 Å². The van der Waals surface area contributed by atoms with E-state index in [9.17, 15) is 0 Å². The second-order valence-corrected chi connectivity index (χ2v) is 5.96. The van der Waals surface area contributed by atoms with E-state index in [-0.39, 0.29) is 6.04 Å². The van der Waals surface area contributed by atoms with Crippen LogP contribution in [0.25, 0.3) is 0 Å². The summed E-state index contributed by atoms with van der Waals surface area (Å²) < 4.78 is 1.87. The first-order chi connectivity index (χ1) is 10.2. The van der Waals surface area contributed by atoms with Crippen LogP contribution >= 0.6 is 0 Å². The van der Waals surface area contributed by atoms with E-state index in [4.69, 9.17) is 5.84 Å². The summed E-state index contributed by atoms with van der Waals surface area (Å²) in [7, 11) is 1.96. The topological polar surface area (TPSA) is 55.9 Å². The van der Waals surface area contributed by atoms with Crippen molar-refractivity contribution in [3.63, 3.8) is 0 Å². The molecular formula is C17H24N4. The van der Waals surface area contributed by atoms with Gasteiger partial charge in [0.15, 0.2) is 0 Å². The zero-order valence-electron chi connectivity index (χ0n) is 12.8. The first-order valence-electron chi connectivity index (χ1n) is 7.81. The third-order valence-corrected chi connectivity index (χ3v) is 4.57. The average Bonchev–Trinajstić information content (AvgIpc) is 2.79. The van der Waals surface area contributed by atoms with E-state index >= 15 is 0 Å². The van der Waals surface area contributed by atoms with E-state index in [1.54, 1.807) is 0 Å². The monoisotopic (exact) mass is 284 g/mol. The van der Waals surface area contributed by atoms with Crippen LogP contribution in [-0.2, 0) is 13.5 Å². The lowest BCUT2D eigenvalue weighted by Gasteiger charge is -2.27. The Morgan fingerprint density at radius 1 is 1.43 bits per heavy atom. The van der Waals surface area contributed by atoms with Crippen LogP contribution in [0.4, 0.5) is 0 Å². The fraction of sp³-hybridized carbons (Fsp3) is 0.471. The van der Waals surface area contributed by atoms with Crippen molar-refractivity contribution in [3.8, 4) is 0 Å². The number of nitrogens with two attached hydrogens (primary N) is 1. The molecule has 0 aliphatic heterocycles. The molecule has 3 rings (SSSR count). The van der Waals surface area contributed by atoms with E-state index < -0.39 is 0 Å². The Kier molecular flexibility index (Phi) is 4.08. The minimum absolute atomic E-state index is 0.00803. The fourth-order valence-corrected chi connectivity index (χ4v) is 3.17. The number of aryl methyl sites for hydroxylation is 2. The molecule has 4 nitrogen and oxygen atoms in total. The highest BCUT2D eigenvalue weighted by Gasteiger charge is 2.22. The Hall–Kier alpha value is -1.65. The zero-order valence-corrected chi connectivity index (χ0v) is 12.8. The number of aromatic nitrogens is 2. The van der Waals surface area contributed by atoms with Gasteiger partial charge in [0, 0.05) is 18.8 Å². The maximum absolute atomic E-state index is 5.86. The number of nitrogens with zero attached hydrogens (tertiary/aromatic N) is 2. The molecule has 2 aromatic rings. The van der Waals surface area contributed by atoms with Gasteiger partial charge in [0.05, 0.1) is 11.7 Å². The van der Waals surface area contributed by atoms with Gasteiger partial charge in [0.25, 0.3) is 0 Å². The van der Waals surface area contributed by atoms with Crippen LogP contribution in [0, 0.1) is 0 Å². The number of benzene rings is 1. The number of rotatable bonds is 5. The zero-order chi connectivity index (χ0) is 14.8. The Bertz CT molecular complexity index is 613. The van der Waals surface area contributed by atoms with Gasteiger partial charge in [-0.05, 0) is 36.3 Å². The fourth-order valence-electron chi connectivity index (χ4n) is 3.17. The van der Waals surface area contributed by atoms with Crippen LogP contribution < -0.4 is 11.3 Å².